The standard InChI is InChI=1S/C13H22FNO3/c1-3-5-10-6-7-11(16)15(9-8-10)12(14)13(17)18-4-2/h10,12H,3-9H2,1-2H3. The average Bonchev–Trinajstić information content (AvgIpc) is 2.52. The molecule has 1 amide bonds. The summed E-state index contributed by atoms with van der Waals surface area (Å²) in [5.41, 5.74) is 0. The molecule has 4 nitrogen and oxygen atoms in total. The zero-order valence-corrected chi connectivity index (χ0v) is 11.2. The van der Waals surface area contributed by atoms with E-state index in [4.69, 9.17) is 0 Å². The Morgan fingerprint density at radius 2 is 2.22 bits per heavy atom. The molecule has 1 aliphatic rings. The fourth-order valence-electron chi connectivity index (χ4n) is 2.34. The van der Waals surface area contributed by atoms with Gasteiger partial charge in [-0.25, -0.2) is 9.18 Å². The van der Waals surface area contributed by atoms with Crippen LogP contribution in [0.2, 0.25) is 0 Å². The Balaban J connectivity index is 2.59. The van der Waals surface area contributed by atoms with Gasteiger partial charge in [0, 0.05) is 13.0 Å². The van der Waals surface area contributed by atoms with Crippen LogP contribution in [0.15, 0.2) is 0 Å². The number of halogens is 1. The number of ether oxygens (including phenoxy) is 1. The fourth-order valence-corrected chi connectivity index (χ4v) is 2.34. The van der Waals surface area contributed by atoms with E-state index in [0.29, 0.717) is 18.9 Å². The van der Waals surface area contributed by atoms with Gasteiger partial charge in [0.2, 0.25) is 5.91 Å². The molecule has 1 fully saturated rings. The van der Waals surface area contributed by atoms with Crippen LogP contribution in [-0.4, -0.2) is 36.2 Å². The van der Waals surface area contributed by atoms with Crippen molar-refractivity contribution in [3.8, 4) is 0 Å². The maximum Gasteiger partial charge on any atom is 0.362 e. The first kappa shape index (κ1) is 14.9. The van der Waals surface area contributed by atoms with E-state index in [9.17, 15) is 14.0 Å². The van der Waals surface area contributed by atoms with E-state index in [0.717, 1.165) is 30.6 Å². The Labute approximate surface area is 107 Å². The quantitative estimate of drug-likeness (QED) is 0.562. The lowest BCUT2D eigenvalue weighted by atomic mass is 9.96. The molecule has 0 bridgehead atoms. The van der Waals surface area contributed by atoms with E-state index in [2.05, 4.69) is 11.7 Å². The summed E-state index contributed by atoms with van der Waals surface area (Å²) >= 11 is 0. The van der Waals surface area contributed by atoms with Gasteiger partial charge in [-0.05, 0) is 25.7 Å². The molecule has 18 heavy (non-hydrogen) atoms. The fraction of sp³-hybridized carbons (Fsp3) is 0.846. The van der Waals surface area contributed by atoms with E-state index < -0.39 is 12.3 Å². The first-order valence-electron chi connectivity index (χ1n) is 6.70. The van der Waals surface area contributed by atoms with E-state index in [-0.39, 0.29) is 12.5 Å². The first-order valence-corrected chi connectivity index (χ1v) is 6.70. The Morgan fingerprint density at radius 1 is 1.50 bits per heavy atom. The van der Waals surface area contributed by atoms with Crippen molar-refractivity contribution in [2.75, 3.05) is 13.2 Å². The van der Waals surface area contributed by atoms with Gasteiger partial charge in [-0.15, -0.1) is 0 Å². The molecule has 104 valence electrons. The summed E-state index contributed by atoms with van der Waals surface area (Å²) in [7, 11) is 0. The second-order valence-corrected chi connectivity index (χ2v) is 4.66. The van der Waals surface area contributed by atoms with Gasteiger partial charge in [0.15, 0.2) is 0 Å². The molecular formula is C13H22FNO3. The predicted molar refractivity (Wildman–Crippen MR) is 65.5 cm³/mol. The van der Waals surface area contributed by atoms with Gasteiger partial charge in [-0.3, -0.25) is 4.79 Å². The van der Waals surface area contributed by atoms with Crippen LogP contribution in [0.25, 0.3) is 0 Å². The van der Waals surface area contributed by atoms with Crippen molar-refractivity contribution in [3.63, 3.8) is 0 Å². The van der Waals surface area contributed by atoms with Crippen LogP contribution in [0.1, 0.15) is 46.0 Å². The van der Waals surface area contributed by atoms with Gasteiger partial charge in [-0.1, -0.05) is 19.8 Å². The summed E-state index contributed by atoms with van der Waals surface area (Å²) in [6, 6.07) is 0. The monoisotopic (exact) mass is 259 g/mol. The van der Waals surface area contributed by atoms with Crippen LogP contribution >= 0.6 is 0 Å². The zero-order chi connectivity index (χ0) is 13.5. The van der Waals surface area contributed by atoms with Crippen LogP contribution in [0.4, 0.5) is 4.39 Å². The molecule has 0 aliphatic carbocycles. The van der Waals surface area contributed by atoms with Crippen molar-refractivity contribution >= 4 is 11.9 Å². The Hall–Kier alpha value is -1.13. The normalized spacial score (nSPS) is 22.5. The minimum atomic E-state index is -1.95. The largest absolute Gasteiger partial charge is 0.462 e. The minimum Gasteiger partial charge on any atom is -0.462 e. The highest BCUT2D eigenvalue weighted by atomic mass is 19.1. The van der Waals surface area contributed by atoms with Gasteiger partial charge in [-0.2, -0.15) is 0 Å². The smallest absolute Gasteiger partial charge is 0.362 e. The lowest BCUT2D eigenvalue weighted by Gasteiger charge is -2.23. The van der Waals surface area contributed by atoms with Crippen molar-refractivity contribution in [3.05, 3.63) is 0 Å². The van der Waals surface area contributed by atoms with Crippen LogP contribution in [0.5, 0.6) is 0 Å². The third-order valence-electron chi connectivity index (χ3n) is 3.32. The highest BCUT2D eigenvalue weighted by Crippen LogP contribution is 2.24. The number of amides is 1. The molecule has 0 aromatic heterocycles. The summed E-state index contributed by atoms with van der Waals surface area (Å²) in [4.78, 5) is 24.1. The highest BCUT2D eigenvalue weighted by molar-refractivity contribution is 5.83. The Morgan fingerprint density at radius 3 is 2.83 bits per heavy atom. The Kier molecular flexibility index (Phi) is 6.09. The van der Waals surface area contributed by atoms with Crippen molar-refractivity contribution in [1.29, 1.82) is 0 Å². The van der Waals surface area contributed by atoms with Gasteiger partial charge in [0.05, 0.1) is 6.61 Å². The molecule has 0 aromatic carbocycles. The minimum absolute atomic E-state index is 0.125. The number of rotatable bonds is 5. The topological polar surface area (TPSA) is 46.6 Å². The number of esters is 1. The number of carbonyl (C=O) groups is 2. The van der Waals surface area contributed by atoms with E-state index >= 15 is 0 Å². The molecule has 1 aliphatic heterocycles. The lowest BCUT2D eigenvalue weighted by Crippen LogP contribution is -2.43. The molecule has 2 atom stereocenters. The van der Waals surface area contributed by atoms with Crippen molar-refractivity contribution in [2.45, 2.75) is 52.2 Å². The molecule has 5 heteroatoms. The summed E-state index contributed by atoms with van der Waals surface area (Å²) < 4.78 is 18.5. The average molecular weight is 259 g/mol. The lowest BCUT2D eigenvalue weighted by molar-refractivity contribution is -0.162. The zero-order valence-electron chi connectivity index (χ0n) is 11.2. The van der Waals surface area contributed by atoms with Crippen molar-refractivity contribution in [2.24, 2.45) is 5.92 Å². The van der Waals surface area contributed by atoms with Gasteiger partial charge in [0.25, 0.3) is 6.30 Å². The molecule has 2 unspecified atom stereocenters. The molecule has 1 saturated heterocycles. The summed E-state index contributed by atoms with van der Waals surface area (Å²) in [5, 5.41) is 0. The molecule has 0 spiro atoms. The Bertz CT molecular complexity index is 296. The predicted octanol–water partition coefficient (Wildman–Crippen LogP) is 2.27. The summed E-state index contributed by atoms with van der Waals surface area (Å²) in [6.07, 6.45) is 2.05. The van der Waals surface area contributed by atoms with Gasteiger partial charge >= 0.3 is 5.97 Å². The maximum atomic E-state index is 13.8. The number of hydrogen-bond donors (Lipinski definition) is 0. The van der Waals surface area contributed by atoms with Crippen molar-refractivity contribution in [1.82, 2.24) is 4.90 Å². The van der Waals surface area contributed by atoms with E-state index in [1.807, 2.05) is 0 Å². The van der Waals surface area contributed by atoms with E-state index in [1.54, 1.807) is 6.92 Å². The molecule has 0 saturated carbocycles. The number of nitrogens with zero attached hydrogens (tertiary/aromatic N) is 1. The maximum absolute atomic E-state index is 13.8. The summed E-state index contributed by atoms with van der Waals surface area (Å²) in [5.74, 6) is -0.785. The van der Waals surface area contributed by atoms with Crippen LogP contribution in [0.3, 0.4) is 0 Å². The van der Waals surface area contributed by atoms with Crippen LogP contribution < -0.4 is 0 Å². The van der Waals surface area contributed by atoms with Gasteiger partial charge in [0.1, 0.15) is 0 Å². The molecular weight excluding hydrogens is 237 g/mol. The molecule has 0 N–H and O–H groups in total. The number of likely N-dealkylation sites (tertiary alicyclic amines) is 1. The third-order valence-corrected chi connectivity index (χ3v) is 3.32. The molecule has 0 radical (unpaired) electrons. The third kappa shape index (κ3) is 3.96. The van der Waals surface area contributed by atoms with Gasteiger partial charge < -0.3 is 9.64 Å². The van der Waals surface area contributed by atoms with E-state index in [1.165, 1.54) is 0 Å². The second-order valence-electron chi connectivity index (χ2n) is 4.66. The van der Waals surface area contributed by atoms with Crippen molar-refractivity contribution < 1.29 is 18.7 Å². The van der Waals surface area contributed by atoms with Crippen LogP contribution in [-0.2, 0) is 14.3 Å². The number of hydrogen-bond acceptors (Lipinski definition) is 3. The second kappa shape index (κ2) is 7.34. The SMILES string of the molecule is CCCC1CCC(=O)N(C(F)C(=O)OCC)CC1. The molecule has 1 rings (SSSR count). The molecule has 0 aromatic rings. The first-order chi connectivity index (χ1) is 8.60. The highest BCUT2D eigenvalue weighted by Gasteiger charge is 2.32. The summed E-state index contributed by atoms with van der Waals surface area (Å²) in [6.45, 7) is 4.15. The number of alkyl halides is 1. The number of carbonyl (C=O) groups excluding carboxylic acids is 2. The molecule has 1 heterocycles. The van der Waals surface area contributed by atoms with Crippen LogP contribution in [0, 0.1) is 5.92 Å².